The van der Waals surface area contributed by atoms with Gasteiger partial charge in [0.25, 0.3) is 0 Å². The SMILES string of the molecule is CC(C)CNCC(COCC1CC1)c1ccc(Cl)cc1. The average Bonchev–Trinajstić information content (AvgIpc) is 3.22. The molecule has 0 bridgehead atoms. The summed E-state index contributed by atoms with van der Waals surface area (Å²) >= 11 is 5.97. The fourth-order valence-corrected chi connectivity index (χ4v) is 2.34. The van der Waals surface area contributed by atoms with Crippen molar-refractivity contribution in [1.29, 1.82) is 0 Å². The first-order chi connectivity index (χ1) is 9.65. The molecule has 2 rings (SSSR count). The highest BCUT2D eigenvalue weighted by molar-refractivity contribution is 6.30. The third kappa shape index (κ3) is 5.82. The van der Waals surface area contributed by atoms with Crippen LogP contribution in [0.25, 0.3) is 0 Å². The second kappa shape index (κ2) is 8.02. The fourth-order valence-electron chi connectivity index (χ4n) is 2.22. The van der Waals surface area contributed by atoms with Gasteiger partial charge in [0.05, 0.1) is 6.61 Å². The Balaban J connectivity index is 1.85. The minimum absolute atomic E-state index is 0.407. The van der Waals surface area contributed by atoms with Crippen LogP contribution >= 0.6 is 11.6 Å². The summed E-state index contributed by atoms with van der Waals surface area (Å²) in [5.41, 5.74) is 1.31. The van der Waals surface area contributed by atoms with Crippen LogP contribution in [0.2, 0.25) is 5.02 Å². The van der Waals surface area contributed by atoms with Gasteiger partial charge in [0.1, 0.15) is 0 Å². The Labute approximate surface area is 127 Å². The summed E-state index contributed by atoms with van der Waals surface area (Å²) in [7, 11) is 0. The number of hydrogen-bond acceptors (Lipinski definition) is 2. The lowest BCUT2D eigenvalue weighted by Gasteiger charge is -2.19. The van der Waals surface area contributed by atoms with Crippen LogP contribution in [0, 0.1) is 11.8 Å². The predicted octanol–water partition coefficient (Wildman–Crippen LogP) is 4.10. The van der Waals surface area contributed by atoms with Crippen molar-refractivity contribution in [2.24, 2.45) is 11.8 Å². The molecule has 0 spiro atoms. The zero-order valence-electron chi connectivity index (χ0n) is 12.6. The van der Waals surface area contributed by atoms with Crippen LogP contribution in [0.4, 0.5) is 0 Å². The van der Waals surface area contributed by atoms with Gasteiger partial charge in [-0.25, -0.2) is 0 Å². The molecule has 1 aliphatic carbocycles. The van der Waals surface area contributed by atoms with Crippen LogP contribution in [-0.2, 0) is 4.74 Å². The van der Waals surface area contributed by atoms with E-state index in [0.717, 1.165) is 37.2 Å². The molecule has 0 radical (unpaired) electrons. The summed E-state index contributed by atoms with van der Waals surface area (Å²) in [5, 5.41) is 4.33. The first-order valence-electron chi connectivity index (χ1n) is 7.69. The molecule has 0 heterocycles. The molecular weight excluding hydrogens is 270 g/mol. The van der Waals surface area contributed by atoms with Gasteiger partial charge >= 0.3 is 0 Å². The summed E-state index contributed by atoms with van der Waals surface area (Å²) in [5.74, 6) is 1.91. The molecule has 1 fully saturated rings. The molecule has 3 heteroatoms. The quantitative estimate of drug-likeness (QED) is 0.741. The van der Waals surface area contributed by atoms with E-state index in [2.05, 4.69) is 31.3 Å². The maximum atomic E-state index is 5.97. The third-order valence-electron chi connectivity index (χ3n) is 3.65. The van der Waals surface area contributed by atoms with E-state index in [-0.39, 0.29) is 0 Å². The maximum absolute atomic E-state index is 5.97. The highest BCUT2D eigenvalue weighted by Crippen LogP contribution is 2.29. The maximum Gasteiger partial charge on any atom is 0.0547 e. The van der Waals surface area contributed by atoms with Gasteiger partial charge in [-0.1, -0.05) is 37.6 Å². The minimum atomic E-state index is 0.407. The van der Waals surface area contributed by atoms with Crippen LogP contribution < -0.4 is 5.32 Å². The Morgan fingerprint density at radius 2 is 1.90 bits per heavy atom. The van der Waals surface area contributed by atoms with Crippen molar-refractivity contribution in [2.45, 2.75) is 32.6 Å². The van der Waals surface area contributed by atoms with Crippen molar-refractivity contribution in [2.75, 3.05) is 26.3 Å². The smallest absolute Gasteiger partial charge is 0.0547 e. The van der Waals surface area contributed by atoms with E-state index in [1.165, 1.54) is 18.4 Å². The molecule has 1 aromatic carbocycles. The molecule has 1 saturated carbocycles. The van der Waals surface area contributed by atoms with Gasteiger partial charge in [0.2, 0.25) is 0 Å². The number of ether oxygens (including phenoxy) is 1. The van der Waals surface area contributed by atoms with Crippen molar-refractivity contribution < 1.29 is 4.74 Å². The van der Waals surface area contributed by atoms with E-state index in [0.29, 0.717) is 11.8 Å². The Morgan fingerprint density at radius 1 is 1.20 bits per heavy atom. The van der Waals surface area contributed by atoms with Crippen LogP contribution in [0.1, 0.15) is 38.2 Å². The lowest BCUT2D eigenvalue weighted by molar-refractivity contribution is 0.110. The van der Waals surface area contributed by atoms with Gasteiger partial charge in [0.15, 0.2) is 0 Å². The standard InChI is InChI=1S/C17H26ClNO/c1-13(2)9-19-10-16(12-20-11-14-3-4-14)15-5-7-17(18)8-6-15/h5-8,13-14,16,19H,3-4,9-12H2,1-2H3. The molecule has 112 valence electrons. The first-order valence-corrected chi connectivity index (χ1v) is 8.07. The van der Waals surface area contributed by atoms with E-state index < -0.39 is 0 Å². The number of hydrogen-bond donors (Lipinski definition) is 1. The monoisotopic (exact) mass is 295 g/mol. The Bertz CT molecular complexity index is 378. The van der Waals surface area contributed by atoms with Gasteiger partial charge in [-0.15, -0.1) is 0 Å². The molecule has 0 aliphatic heterocycles. The molecule has 1 aromatic rings. The van der Waals surface area contributed by atoms with E-state index >= 15 is 0 Å². The molecule has 0 saturated heterocycles. The lowest BCUT2D eigenvalue weighted by Crippen LogP contribution is -2.28. The number of benzene rings is 1. The van der Waals surface area contributed by atoms with E-state index in [1.807, 2.05) is 12.1 Å². The highest BCUT2D eigenvalue weighted by atomic mass is 35.5. The molecule has 1 atom stereocenters. The molecular formula is C17H26ClNO. The molecule has 20 heavy (non-hydrogen) atoms. The summed E-state index contributed by atoms with van der Waals surface area (Å²) in [6.45, 7) is 8.19. The van der Waals surface area contributed by atoms with Crippen LogP contribution in [-0.4, -0.2) is 26.3 Å². The Morgan fingerprint density at radius 3 is 2.50 bits per heavy atom. The van der Waals surface area contributed by atoms with Gasteiger partial charge in [0, 0.05) is 24.1 Å². The van der Waals surface area contributed by atoms with Gasteiger partial charge in [-0.05, 0) is 48.9 Å². The Hall–Kier alpha value is -0.570. The lowest BCUT2D eigenvalue weighted by atomic mass is 10.00. The number of halogens is 1. The normalized spacial score (nSPS) is 16.6. The fraction of sp³-hybridized carbons (Fsp3) is 0.647. The molecule has 0 amide bonds. The highest BCUT2D eigenvalue weighted by Gasteiger charge is 2.22. The second-order valence-electron chi connectivity index (χ2n) is 6.28. The second-order valence-corrected chi connectivity index (χ2v) is 6.72. The minimum Gasteiger partial charge on any atom is -0.380 e. The predicted molar refractivity (Wildman–Crippen MR) is 85.4 cm³/mol. The zero-order valence-corrected chi connectivity index (χ0v) is 13.3. The third-order valence-corrected chi connectivity index (χ3v) is 3.91. The summed E-state index contributed by atoms with van der Waals surface area (Å²) in [6, 6.07) is 8.16. The van der Waals surface area contributed by atoms with Crippen molar-refractivity contribution in [3.05, 3.63) is 34.9 Å². The van der Waals surface area contributed by atoms with E-state index in [9.17, 15) is 0 Å². The molecule has 2 nitrogen and oxygen atoms in total. The topological polar surface area (TPSA) is 21.3 Å². The van der Waals surface area contributed by atoms with E-state index in [1.54, 1.807) is 0 Å². The van der Waals surface area contributed by atoms with Crippen molar-refractivity contribution in [3.8, 4) is 0 Å². The van der Waals surface area contributed by atoms with Crippen molar-refractivity contribution >= 4 is 11.6 Å². The molecule has 0 aromatic heterocycles. The first kappa shape index (κ1) is 15.8. The molecule has 1 aliphatic rings. The van der Waals surface area contributed by atoms with Crippen molar-refractivity contribution in [3.63, 3.8) is 0 Å². The molecule has 1 unspecified atom stereocenters. The molecule has 1 N–H and O–H groups in total. The number of nitrogens with one attached hydrogen (secondary N) is 1. The van der Waals surface area contributed by atoms with Crippen LogP contribution in [0.3, 0.4) is 0 Å². The van der Waals surface area contributed by atoms with Crippen molar-refractivity contribution in [1.82, 2.24) is 5.32 Å². The number of rotatable bonds is 9. The summed E-state index contributed by atoms with van der Waals surface area (Å²) in [4.78, 5) is 0. The summed E-state index contributed by atoms with van der Waals surface area (Å²) < 4.78 is 5.89. The van der Waals surface area contributed by atoms with Gasteiger partial charge in [-0.3, -0.25) is 0 Å². The largest absolute Gasteiger partial charge is 0.380 e. The Kier molecular flexibility index (Phi) is 6.34. The van der Waals surface area contributed by atoms with Gasteiger partial charge < -0.3 is 10.1 Å². The summed E-state index contributed by atoms with van der Waals surface area (Å²) in [6.07, 6.45) is 2.69. The van der Waals surface area contributed by atoms with Crippen LogP contribution in [0.15, 0.2) is 24.3 Å². The van der Waals surface area contributed by atoms with E-state index in [4.69, 9.17) is 16.3 Å². The van der Waals surface area contributed by atoms with Crippen LogP contribution in [0.5, 0.6) is 0 Å². The average molecular weight is 296 g/mol. The zero-order chi connectivity index (χ0) is 14.4. The van der Waals surface area contributed by atoms with Gasteiger partial charge in [-0.2, -0.15) is 0 Å².